The van der Waals surface area contributed by atoms with Crippen molar-refractivity contribution in [2.24, 2.45) is 5.14 Å². The molecule has 0 heterocycles. The van der Waals surface area contributed by atoms with Crippen molar-refractivity contribution in [2.45, 2.75) is 97.0 Å². The van der Waals surface area contributed by atoms with E-state index in [0.29, 0.717) is 0 Å². The van der Waals surface area contributed by atoms with Crippen LogP contribution in [-0.4, -0.2) is 14.0 Å². The van der Waals surface area contributed by atoms with Crippen LogP contribution in [0, 0.1) is 0 Å². The molecule has 0 rings (SSSR count). The van der Waals surface area contributed by atoms with Gasteiger partial charge in [0.15, 0.2) is 0 Å². The predicted octanol–water partition coefficient (Wildman–Crippen LogP) is 4.30. The van der Waals surface area contributed by atoms with Crippen molar-refractivity contribution >= 4 is 10.3 Å². The Balaban J connectivity index is 3.43. The highest BCUT2D eigenvalue weighted by Gasteiger charge is 2.23. The van der Waals surface area contributed by atoms with Crippen molar-refractivity contribution in [1.82, 2.24) is 0 Å². The van der Waals surface area contributed by atoms with Crippen LogP contribution in [0.5, 0.6) is 0 Å². The molecule has 0 fully saturated rings. The Morgan fingerprint density at radius 1 is 0.850 bits per heavy atom. The van der Waals surface area contributed by atoms with E-state index < -0.39 is 15.9 Å². The molecule has 0 bridgehead atoms. The fourth-order valence-electron chi connectivity index (χ4n) is 2.39. The first kappa shape index (κ1) is 19.9. The van der Waals surface area contributed by atoms with Gasteiger partial charge in [-0.3, -0.25) is 4.18 Å². The third-order valence-corrected chi connectivity index (χ3v) is 4.16. The zero-order chi connectivity index (χ0) is 15.5. The number of rotatable bonds is 13. The Labute approximate surface area is 125 Å². The molecule has 20 heavy (non-hydrogen) atoms. The Morgan fingerprint density at radius 3 is 1.65 bits per heavy atom. The van der Waals surface area contributed by atoms with E-state index in [9.17, 15) is 8.42 Å². The summed E-state index contributed by atoms with van der Waals surface area (Å²) in [7, 11) is -3.84. The first-order chi connectivity index (χ1) is 9.27. The molecule has 0 saturated heterocycles. The fraction of sp³-hybridized carbons (Fsp3) is 1.00. The molecule has 4 nitrogen and oxygen atoms in total. The maximum Gasteiger partial charge on any atom is 0.333 e. The smallest absolute Gasteiger partial charge is 0.252 e. The summed E-state index contributed by atoms with van der Waals surface area (Å²) in [6.45, 7) is 5.78. The largest absolute Gasteiger partial charge is 0.333 e. The van der Waals surface area contributed by atoms with Gasteiger partial charge in [0, 0.05) is 0 Å². The number of nitrogens with two attached hydrogens (primary N) is 1. The van der Waals surface area contributed by atoms with Crippen molar-refractivity contribution in [2.75, 3.05) is 0 Å². The van der Waals surface area contributed by atoms with Gasteiger partial charge in [-0.05, 0) is 20.3 Å². The van der Waals surface area contributed by atoms with E-state index >= 15 is 0 Å². The molecule has 0 atom stereocenters. The SMILES string of the molecule is CCCCCCCCCCCCC(C)(C)OS(N)(=O)=O. The molecule has 0 aliphatic rings. The molecule has 0 unspecified atom stereocenters. The minimum absolute atomic E-state index is 0.687. The molecule has 122 valence electrons. The van der Waals surface area contributed by atoms with Crippen molar-refractivity contribution in [3.63, 3.8) is 0 Å². The Bertz CT molecular complexity index is 326. The molecule has 0 saturated carbocycles. The molecule has 0 aromatic carbocycles. The molecule has 0 aromatic heterocycles. The van der Waals surface area contributed by atoms with E-state index in [2.05, 4.69) is 6.92 Å². The highest BCUT2D eigenvalue weighted by atomic mass is 32.2. The Morgan fingerprint density at radius 2 is 1.25 bits per heavy atom. The molecule has 0 radical (unpaired) electrons. The standard InChI is InChI=1S/C15H33NO3S/c1-4-5-6-7-8-9-10-11-12-13-14-15(2,3)19-20(16,17)18/h4-14H2,1-3H3,(H2,16,17,18). The van der Waals surface area contributed by atoms with Crippen LogP contribution in [0.25, 0.3) is 0 Å². The van der Waals surface area contributed by atoms with Crippen LogP contribution in [0.3, 0.4) is 0 Å². The molecule has 5 heteroatoms. The third kappa shape index (κ3) is 14.3. The highest BCUT2D eigenvalue weighted by molar-refractivity contribution is 7.84. The summed E-state index contributed by atoms with van der Waals surface area (Å²) in [5, 5.41) is 4.89. The molecule has 0 aliphatic carbocycles. The lowest BCUT2D eigenvalue weighted by atomic mass is 9.99. The summed E-state index contributed by atoms with van der Waals surface area (Å²) in [5.41, 5.74) is -0.687. The quantitative estimate of drug-likeness (QED) is 0.516. The second kappa shape index (κ2) is 10.6. The van der Waals surface area contributed by atoms with Crippen LogP contribution in [0.15, 0.2) is 0 Å². The lowest BCUT2D eigenvalue weighted by Gasteiger charge is -2.22. The zero-order valence-electron chi connectivity index (χ0n) is 13.5. The van der Waals surface area contributed by atoms with Crippen LogP contribution >= 0.6 is 0 Å². The minimum Gasteiger partial charge on any atom is -0.252 e. The second-order valence-electron chi connectivity index (χ2n) is 6.27. The lowest BCUT2D eigenvalue weighted by molar-refractivity contribution is 0.104. The van der Waals surface area contributed by atoms with Crippen LogP contribution in [0.1, 0.15) is 91.4 Å². The van der Waals surface area contributed by atoms with E-state index in [-0.39, 0.29) is 0 Å². The molecular formula is C15H33NO3S. The average molecular weight is 308 g/mol. The molecule has 2 N–H and O–H groups in total. The van der Waals surface area contributed by atoms with Crippen LogP contribution in [-0.2, 0) is 14.5 Å². The monoisotopic (exact) mass is 307 g/mol. The maximum atomic E-state index is 10.9. The van der Waals surface area contributed by atoms with Gasteiger partial charge in [-0.1, -0.05) is 71.1 Å². The summed E-state index contributed by atoms with van der Waals surface area (Å²) in [4.78, 5) is 0. The van der Waals surface area contributed by atoms with E-state index in [4.69, 9.17) is 9.32 Å². The van der Waals surface area contributed by atoms with Gasteiger partial charge in [-0.15, -0.1) is 0 Å². The third-order valence-electron chi connectivity index (χ3n) is 3.47. The van der Waals surface area contributed by atoms with Gasteiger partial charge < -0.3 is 0 Å². The average Bonchev–Trinajstić information content (AvgIpc) is 2.28. The highest BCUT2D eigenvalue weighted by Crippen LogP contribution is 2.20. The molecule has 0 aromatic rings. The summed E-state index contributed by atoms with van der Waals surface area (Å²) in [5.74, 6) is 0. The van der Waals surface area contributed by atoms with Crippen molar-refractivity contribution in [1.29, 1.82) is 0 Å². The van der Waals surface area contributed by atoms with Gasteiger partial charge in [0.2, 0.25) is 0 Å². The Hall–Kier alpha value is -0.130. The first-order valence-corrected chi connectivity index (χ1v) is 9.47. The van der Waals surface area contributed by atoms with Gasteiger partial charge >= 0.3 is 10.3 Å². The molecule has 0 amide bonds. The van der Waals surface area contributed by atoms with Gasteiger partial charge in [-0.2, -0.15) is 8.42 Å². The van der Waals surface area contributed by atoms with Gasteiger partial charge in [0.1, 0.15) is 0 Å². The zero-order valence-corrected chi connectivity index (χ0v) is 14.3. The van der Waals surface area contributed by atoms with E-state index in [1.165, 1.54) is 51.4 Å². The summed E-state index contributed by atoms with van der Waals surface area (Å²) >= 11 is 0. The number of unbranched alkanes of at least 4 members (excludes halogenated alkanes) is 9. The summed E-state index contributed by atoms with van der Waals surface area (Å²) < 4.78 is 26.6. The molecule has 0 spiro atoms. The van der Waals surface area contributed by atoms with Crippen molar-refractivity contribution in [3.8, 4) is 0 Å². The minimum atomic E-state index is -3.84. The van der Waals surface area contributed by atoms with E-state index in [0.717, 1.165) is 19.3 Å². The van der Waals surface area contributed by atoms with E-state index in [1.807, 2.05) is 0 Å². The predicted molar refractivity (Wildman–Crippen MR) is 84.7 cm³/mol. The second-order valence-corrected chi connectivity index (χ2v) is 7.42. The van der Waals surface area contributed by atoms with Crippen LogP contribution in [0.2, 0.25) is 0 Å². The van der Waals surface area contributed by atoms with Gasteiger partial charge in [0.05, 0.1) is 5.60 Å². The molecule has 0 aliphatic heterocycles. The summed E-state index contributed by atoms with van der Waals surface area (Å²) in [6.07, 6.45) is 13.4. The fourth-order valence-corrected chi connectivity index (χ4v) is 3.11. The van der Waals surface area contributed by atoms with Gasteiger partial charge in [0.25, 0.3) is 0 Å². The normalized spacial score (nSPS) is 12.8. The van der Waals surface area contributed by atoms with Crippen molar-refractivity contribution < 1.29 is 12.6 Å². The Kier molecular flexibility index (Phi) is 10.5. The molecular weight excluding hydrogens is 274 g/mol. The van der Waals surface area contributed by atoms with Gasteiger partial charge in [-0.25, -0.2) is 5.14 Å². The van der Waals surface area contributed by atoms with Crippen molar-refractivity contribution in [3.05, 3.63) is 0 Å². The lowest BCUT2D eigenvalue weighted by Crippen LogP contribution is -2.31. The first-order valence-electron chi connectivity index (χ1n) is 8.00. The van der Waals surface area contributed by atoms with Crippen LogP contribution in [0.4, 0.5) is 0 Å². The summed E-state index contributed by atoms with van der Waals surface area (Å²) in [6, 6.07) is 0. The van der Waals surface area contributed by atoms with Crippen LogP contribution < -0.4 is 5.14 Å². The number of hydrogen-bond acceptors (Lipinski definition) is 3. The maximum absolute atomic E-state index is 10.9. The number of hydrogen-bond donors (Lipinski definition) is 1. The topological polar surface area (TPSA) is 69.4 Å². The van der Waals surface area contributed by atoms with E-state index in [1.54, 1.807) is 13.8 Å².